The first-order chi connectivity index (χ1) is 18.0. The van der Waals surface area contributed by atoms with E-state index in [2.05, 4.69) is 17.6 Å². The lowest BCUT2D eigenvalue weighted by molar-refractivity contribution is -0.172. The zero-order valence-corrected chi connectivity index (χ0v) is 25.0. The Morgan fingerprint density at radius 1 is 0.921 bits per heavy atom. The molecule has 1 aliphatic heterocycles. The van der Waals surface area contributed by atoms with E-state index >= 15 is 0 Å². The highest BCUT2D eigenvalue weighted by atomic mass is 16.7. The lowest BCUT2D eigenvalue weighted by atomic mass is 9.89. The molecule has 1 aliphatic rings. The van der Waals surface area contributed by atoms with Crippen molar-refractivity contribution in [1.29, 1.82) is 0 Å². The van der Waals surface area contributed by atoms with Crippen LogP contribution in [-0.4, -0.2) is 73.9 Å². The average molecular weight is 539 g/mol. The van der Waals surface area contributed by atoms with E-state index in [4.69, 9.17) is 4.84 Å². The van der Waals surface area contributed by atoms with Crippen molar-refractivity contribution >= 4 is 23.6 Å². The lowest BCUT2D eigenvalue weighted by Gasteiger charge is -2.30. The molecule has 0 aliphatic carbocycles. The molecule has 4 atom stereocenters. The second-order valence-corrected chi connectivity index (χ2v) is 11.5. The predicted molar refractivity (Wildman–Crippen MR) is 150 cm³/mol. The van der Waals surface area contributed by atoms with Gasteiger partial charge in [-0.05, 0) is 38.0 Å². The van der Waals surface area contributed by atoms with E-state index < -0.39 is 29.8 Å². The lowest BCUT2D eigenvalue weighted by Crippen LogP contribution is -2.55. The van der Waals surface area contributed by atoms with E-state index in [1.54, 1.807) is 19.0 Å². The van der Waals surface area contributed by atoms with Crippen molar-refractivity contribution in [3.8, 4) is 0 Å². The number of likely N-dealkylation sites (N-methyl/N-ethyl adjacent to an activating group) is 1. The van der Waals surface area contributed by atoms with Gasteiger partial charge in [0.15, 0.2) is 0 Å². The third-order valence-electron chi connectivity index (χ3n) is 7.48. The van der Waals surface area contributed by atoms with Crippen LogP contribution in [0.15, 0.2) is 0 Å². The first kappa shape index (κ1) is 33.9. The van der Waals surface area contributed by atoms with E-state index in [0.29, 0.717) is 12.8 Å². The van der Waals surface area contributed by atoms with Crippen LogP contribution >= 0.6 is 0 Å². The number of carbonyl (C=O) groups excluding carboxylic acids is 4. The molecule has 1 heterocycles. The first-order valence-electron chi connectivity index (χ1n) is 14.6. The van der Waals surface area contributed by atoms with E-state index in [-0.39, 0.29) is 30.1 Å². The zero-order valence-electron chi connectivity index (χ0n) is 25.0. The molecule has 9 heteroatoms. The van der Waals surface area contributed by atoms with Gasteiger partial charge in [0.25, 0.3) is 5.91 Å². The molecule has 0 radical (unpaired) electrons. The molecule has 0 bridgehead atoms. The average Bonchev–Trinajstić information content (AvgIpc) is 2.87. The van der Waals surface area contributed by atoms with Gasteiger partial charge in [0.2, 0.25) is 17.7 Å². The summed E-state index contributed by atoms with van der Waals surface area (Å²) in [4.78, 5) is 59.7. The summed E-state index contributed by atoms with van der Waals surface area (Å²) in [5, 5.41) is 6.98. The molecule has 1 rings (SSSR count). The molecular formula is C29H54N4O5. The van der Waals surface area contributed by atoms with Crippen molar-refractivity contribution in [2.45, 2.75) is 116 Å². The van der Waals surface area contributed by atoms with Crippen molar-refractivity contribution < 1.29 is 24.0 Å². The van der Waals surface area contributed by atoms with Gasteiger partial charge in [0, 0.05) is 33.0 Å². The minimum Gasteiger partial charge on any atom is -0.349 e. The fourth-order valence-electron chi connectivity index (χ4n) is 5.15. The van der Waals surface area contributed by atoms with E-state index in [1.807, 2.05) is 13.8 Å². The Kier molecular flexibility index (Phi) is 16.2. The van der Waals surface area contributed by atoms with Crippen LogP contribution in [-0.2, 0) is 24.0 Å². The van der Waals surface area contributed by atoms with Crippen LogP contribution in [0.25, 0.3) is 0 Å². The van der Waals surface area contributed by atoms with E-state index in [0.717, 1.165) is 50.0 Å². The summed E-state index contributed by atoms with van der Waals surface area (Å²) in [6, 6.07) is -1.69. The molecule has 38 heavy (non-hydrogen) atoms. The van der Waals surface area contributed by atoms with Gasteiger partial charge < -0.3 is 15.5 Å². The van der Waals surface area contributed by atoms with Crippen molar-refractivity contribution in [2.75, 3.05) is 28.3 Å². The normalized spacial score (nSPS) is 23.8. The monoisotopic (exact) mass is 538 g/mol. The highest BCUT2D eigenvalue weighted by molar-refractivity contribution is 5.92. The molecule has 2 N–H and O–H groups in total. The third-order valence-corrected chi connectivity index (χ3v) is 7.48. The minimum absolute atomic E-state index is 0.0544. The highest BCUT2D eigenvalue weighted by Gasteiger charge is 2.34. The fraction of sp³-hybridized carbons (Fsp3) is 0.862. The number of carbonyl (C=O) groups is 4. The quantitative estimate of drug-likeness (QED) is 0.305. The van der Waals surface area contributed by atoms with Crippen molar-refractivity contribution in [3.63, 3.8) is 0 Å². The van der Waals surface area contributed by atoms with Crippen LogP contribution < -0.4 is 10.6 Å². The molecule has 1 fully saturated rings. The summed E-state index contributed by atoms with van der Waals surface area (Å²) in [5.74, 6) is -1.33. The Hall–Kier alpha value is -2.16. The number of unbranched alkanes of at least 4 members (excludes halogenated alkanes) is 4. The van der Waals surface area contributed by atoms with Gasteiger partial charge in [-0.1, -0.05) is 72.1 Å². The van der Waals surface area contributed by atoms with Crippen molar-refractivity contribution in [3.05, 3.63) is 0 Å². The van der Waals surface area contributed by atoms with Crippen LogP contribution in [0, 0.1) is 17.8 Å². The Labute approximate surface area is 230 Å². The molecule has 3 unspecified atom stereocenters. The molecule has 0 aromatic rings. The molecule has 0 spiro atoms. The number of nitrogens with zero attached hydrogens (tertiary/aromatic N) is 2. The molecule has 9 nitrogen and oxygen atoms in total. The summed E-state index contributed by atoms with van der Waals surface area (Å²) < 4.78 is 0. The number of hydrogen-bond donors (Lipinski definition) is 2. The van der Waals surface area contributed by atoms with Gasteiger partial charge in [-0.25, -0.2) is 5.06 Å². The van der Waals surface area contributed by atoms with Gasteiger partial charge in [-0.3, -0.25) is 24.0 Å². The Morgan fingerprint density at radius 3 is 2.18 bits per heavy atom. The molecule has 0 aromatic heterocycles. The molecular weight excluding hydrogens is 484 g/mol. The minimum atomic E-state index is -0.940. The smallest absolute Gasteiger partial charge is 0.268 e. The largest absolute Gasteiger partial charge is 0.349 e. The van der Waals surface area contributed by atoms with Crippen LogP contribution in [0.5, 0.6) is 0 Å². The first-order valence-corrected chi connectivity index (χ1v) is 14.6. The molecule has 1 saturated heterocycles. The standard InChI is InChI=1S/C29H54N4O5/c1-8-9-10-11-13-16-22-17-14-12-15-18-23(28(36)32(4)5)20-25(29(37)33(6)38-7)31-27(35)24(19-21(2)3)30-26(22)34/h21-25H,8-20H2,1-7H3,(H,30,34)(H,31,35)/t22?,23?,24-,25?/m0/s1. The molecule has 0 saturated carbocycles. The number of rotatable bonds is 11. The van der Waals surface area contributed by atoms with Crippen LogP contribution in [0.1, 0.15) is 104 Å². The Morgan fingerprint density at radius 2 is 1.58 bits per heavy atom. The Balaban J connectivity index is 3.24. The summed E-state index contributed by atoms with van der Waals surface area (Å²) in [6.45, 7) is 6.19. The Bertz CT molecular complexity index is 742. The van der Waals surface area contributed by atoms with E-state index in [1.165, 1.54) is 33.4 Å². The van der Waals surface area contributed by atoms with Crippen molar-refractivity contribution in [2.24, 2.45) is 17.8 Å². The summed E-state index contributed by atoms with van der Waals surface area (Å²) >= 11 is 0. The number of hydroxylamine groups is 2. The van der Waals surface area contributed by atoms with E-state index in [9.17, 15) is 19.2 Å². The zero-order chi connectivity index (χ0) is 28.7. The second kappa shape index (κ2) is 18.2. The molecule has 0 aromatic carbocycles. The molecule has 220 valence electrons. The van der Waals surface area contributed by atoms with Crippen LogP contribution in [0.2, 0.25) is 0 Å². The van der Waals surface area contributed by atoms with Gasteiger partial charge in [0.05, 0.1) is 7.11 Å². The maximum atomic E-state index is 13.5. The van der Waals surface area contributed by atoms with Gasteiger partial charge in [0.1, 0.15) is 12.1 Å². The van der Waals surface area contributed by atoms with Crippen LogP contribution in [0.4, 0.5) is 0 Å². The van der Waals surface area contributed by atoms with Gasteiger partial charge in [-0.15, -0.1) is 0 Å². The SMILES string of the molecule is CCCCCCCC1CCCCCC(C(=O)N(C)C)CC(C(=O)N(C)OC)NC(=O)[C@H](CC(C)C)NC1=O. The van der Waals surface area contributed by atoms with Gasteiger partial charge >= 0.3 is 0 Å². The number of amides is 4. The number of nitrogens with one attached hydrogen (secondary N) is 2. The molecule has 4 amide bonds. The summed E-state index contributed by atoms with van der Waals surface area (Å²) in [6.07, 6.45) is 11.1. The maximum Gasteiger partial charge on any atom is 0.268 e. The number of hydrogen-bond acceptors (Lipinski definition) is 5. The third kappa shape index (κ3) is 12.1. The van der Waals surface area contributed by atoms with Crippen molar-refractivity contribution in [1.82, 2.24) is 20.6 Å². The van der Waals surface area contributed by atoms with Gasteiger partial charge in [-0.2, -0.15) is 0 Å². The predicted octanol–water partition coefficient (Wildman–Crippen LogP) is 4.06. The fourth-order valence-corrected chi connectivity index (χ4v) is 5.15. The summed E-state index contributed by atoms with van der Waals surface area (Å²) in [7, 11) is 6.30. The second-order valence-electron chi connectivity index (χ2n) is 11.5. The summed E-state index contributed by atoms with van der Waals surface area (Å²) in [5.41, 5.74) is 0. The maximum absolute atomic E-state index is 13.5. The highest BCUT2D eigenvalue weighted by Crippen LogP contribution is 2.24. The topological polar surface area (TPSA) is 108 Å². The van der Waals surface area contributed by atoms with Crippen LogP contribution in [0.3, 0.4) is 0 Å².